The Morgan fingerprint density at radius 1 is 1.50 bits per heavy atom. The minimum absolute atomic E-state index is 0.467. The van der Waals surface area contributed by atoms with Crippen LogP contribution in [0.5, 0.6) is 0 Å². The Morgan fingerprint density at radius 3 is 2.92 bits per heavy atom. The van der Waals surface area contributed by atoms with Crippen molar-refractivity contribution in [2.75, 3.05) is 0 Å². The quantitative estimate of drug-likeness (QED) is 0.661. The van der Waals surface area contributed by atoms with Crippen molar-refractivity contribution in [2.24, 2.45) is 0 Å². The molecular weight excluding hydrogens is 156 g/mol. The molecule has 0 aliphatic heterocycles. The number of hydrogen-bond donors (Lipinski definition) is 1. The Morgan fingerprint density at radius 2 is 2.25 bits per heavy atom. The summed E-state index contributed by atoms with van der Waals surface area (Å²) in [6, 6.07) is 0. The first-order chi connectivity index (χ1) is 5.75. The van der Waals surface area contributed by atoms with E-state index in [-0.39, 0.29) is 0 Å². The van der Waals surface area contributed by atoms with Gasteiger partial charge in [-0.25, -0.2) is 0 Å². The van der Waals surface area contributed by atoms with Crippen molar-refractivity contribution in [3.05, 3.63) is 33.1 Å². The van der Waals surface area contributed by atoms with Gasteiger partial charge in [-0.3, -0.25) is 9.59 Å². The van der Waals surface area contributed by atoms with Crippen LogP contribution >= 0.6 is 0 Å². The number of aryl methyl sites for hydroxylation is 1. The van der Waals surface area contributed by atoms with Gasteiger partial charge >= 0.3 is 11.1 Å². The van der Waals surface area contributed by atoms with E-state index >= 15 is 0 Å². The van der Waals surface area contributed by atoms with Crippen LogP contribution in [0.4, 0.5) is 0 Å². The zero-order valence-electron chi connectivity index (χ0n) is 7.04. The second-order valence-corrected chi connectivity index (χ2v) is 2.64. The summed E-state index contributed by atoms with van der Waals surface area (Å²) in [5.74, 6) is 0. The van der Waals surface area contributed by atoms with Crippen molar-refractivity contribution in [2.45, 2.75) is 26.3 Å². The lowest BCUT2D eigenvalue weighted by Crippen LogP contribution is -2.35. The van der Waals surface area contributed by atoms with Crippen LogP contribution < -0.4 is 11.1 Å². The first-order valence-corrected chi connectivity index (χ1v) is 4.04. The van der Waals surface area contributed by atoms with E-state index in [0.29, 0.717) is 6.54 Å². The molecule has 4 heteroatoms. The summed E-state index contributed by atoms with van der Waals surface area (Å²) in [5.41, 5.74) is -1.01. The number of nitrogens with one attached hydrogen (secondary N) is 1. The fraction of sp³-hybridized carbons (Fsp3) is 0.500. The van der Waals surface area contributed by atoms with Gasteiger partial charge in [0.15, 0.2) is 0 Å². The van der Waals surface area contributed by atoms with E-state index in [1.807, 2.05) is 6.92 Å². The summed E-state index contributed by atoms with van der Waals surface area (Å²) >= 11 is 0. The van der Waals surface area contributed by atoms with E-state index in [0.717, 1.165) is 12.8 Å². The fourth-order valence-corrected chi connectivity index (χ4v) is 0.967. The number of rotatable bonds is 3. The number of aromatic amines is 1. The first-order valence-electron chi connectivity index (χ1n) is 4.04. The summed E-state index contributed by atoms with van der Waals surface area (Å²) in [7, 11) is 0. The summed E-state index contributed by atoms with van der Waals surface area (Å²) in [4.78, 5) is 24.2. The third kappa shape index (κ3) is 1.84. The standard InChI is InChI=1S/C8H12N2O2/c1-2-3-5-10-6-4-9-7(11)8(10)12/h4,6H,2-3,5H2,1H3,(H,9,11). The van der Waals surface area contributed by atoms with Crippen LogP contribution in [0.1, 0.15) is 19.8 Å². The summed E-state index contributed by atoms with van der Waals surface area (Å²) in [6.45, 7) is 2.66. The van der Waals surface area contributed by atoms with Gasteiger partial charge < -0.3 is 9.55 Å². The molecule has 0 aliphatic carbocycles. The third-order valence-corrected chi connectivity index (χ3v) is 1.68. The average molecular weight is 168 g/mol. The van der Waals surface area contributed by atoms with Crippen LogP contribution in [0.2, 0.25) is 0 Å². The van der Waals surface area contributed by atoms with Crippen LogP contribution in [0.15, 0.2) is 22.0 Å². The molecule has 0 bridgehead atoms. The highest BCUT2D eigenvalue weighted by Gasteiger charge is 1.96. The molecule has 4 nitrogen and oxygen atoms in total. The predicted octanol–water partition coefficient (Wildman–Crippen LogP) is 0.337. The summed E-state index contributed by atoms with van der Waals surface area (Å²) < 4.78 is 1.43. The molecule has 0 amide bonds. The van der Waals surface area contributed by atoms with E-state index in [4.69, 9.17) is 0 Å². The van der Waals surface area contributed by atoms with Gasteiger partial charge in [0.2, 0.25) is 0 Å². The van der Waals surface area contributed by atoms with Crippen molar-refractivity contribution in [3.8, 4) is 0 Å². The number of H-pyrrole nitrogens is 1. The molecule has 0 atom stereocenters. The summed E-state index contributed by atoms with van der Waals surface area (Å²) in [5, 5.41) is 0. The molecule has 1 heterocycles. The zero-order valence-corrected chi connectivity index (χ0v) is 7.04. The van der Waals surface area contributed by atoms with Crippen molar-refractivity contribution in [1.29, 1.82) is 0 Å². The Kier molecular flexibility index (Phi) is 2.85. The van der Waals surface area contributed by atoms with E-state index in [1.165, 1.54) is 10.8 Å². The Labute approximate surface area is 69.9 Å². The maximum Gasteiger partial charge on any atom is 0.316 e. The third-order valence-electron chi connectivity index (χ3n) is 1.68. The van der Waals surface area contributed by atoms with Crippen LogP contribution in [0.3, 0.4) is 0 Å². The Balaban J connectivity index is 2.93. The molecule has 0 saturated heterocycles. The monoisotopic (exact) mass is 168 g/mol. The molecule has 0 unspecified atom stereocenters. The van der Waals surface area contributed by atoms with Crippen LogP contribution in [-0.2, 0) is 6.54 Å². The Hall–Kier alpha value is -1.32. The van der Waals surface area contributed by atoms with E-state index in [2.05, 4.69) is 4.98 Å². The smallest absolute Gasteiger partial charge is 0.316 e. The maximum atomic E-state index is 11.1. The molecule has 0 fully saturated rings. The van der Waals surface area contributed by atoms with Gasteiger partial charge in [-0.15, -0.1) is 0 Å². The van der Waals surface area contributed by atoms with Crippen molar-refractivity contribution in [1.82, 2.24) is 9.55 Å². The highest BCUT2D eigenvalue weighted by Crippen LogP contribution is 1.88. The van der Waals surface area contributed by atoms with Gasteiger partial charge in [0.25, 0.3) is 0 Å². The minimum Gasteiger partial charge on any atom is -0.323 e. The van der Waals surface area contributed by atoms with Gasteiger partial charge in [-0.2, -0.15) is 0 Å². The molecule has 66 valence electrons. The topological polar surface area (TPSA) is 54.9 Å². The lowest BCUT2D eigenvalue weighted by Gasteiger charge is -2.00. The maximum absolute atomic E-state index is 11.1. The van der Waals surface area contributed by atoms with Gasteiger partial charge in [0, 0.05) is 18.9 Å². The molecule has 0 aromatic carbocycles. The summed E-state index contributed by atoms with van der Waals surface area (Å²) in [6.07, 6.45) is 5.02. The second kappa shape index (κ2) is 3.90. The highest BCUT2D eigenvalue weighted by atomic mass is 16.2. The number of aromatic nitrogens is 2. The van der Waals surface area contributed by atoms with Crippen LogP contribution in [0, 0.1) is 0 Å². The zero-order chi connectivity index (χ0) is 8.97. The van der Waals surface area contributed by atoms with Gasteiger partial charge in [0.05, 0.1) is 0 Å². The number of nitrogens with zero attached hydrogens (tertiary/aromatic N) is 1. The average Bonchev–Trinajstić information content (AvgIpc) is 2.08. The Bertz CT molecular complexity index is 351. The van der Waals surface area contributed by atoms with Crippen LogP contribution in [0.25, 0.3) is 0 Å². The second-order valence-electron chi connectivity index (χ2n) is 2.64. The van der Waals surface area contributed by atoms with Crippen molar-refractivity contribution >= 4 is 0 Å². The van der Waals surface area contributed by atoms with Gasteiger partial charge in [0.1, 0.15) is 0 Å². The normalized spacial score (nSPS) is 10.1. The molecule has 0 spiro atoms. The molecule has 0 radical (unpaired) electrons. The van der Waals surface area contributed by atoms with E-state index < -0.39 is 11.1 Å². The molecule has 1 N–H and O–H groups in total. The van der Waals surface area contributed by atoms with Crippen molar-refractivity contribution < 1.29 is 0 Å². The highest BCUT2D eigenvalue weighted by molar-refractivity contribution is 4.81. The fourth-order valence-electron chi connectivity index (χ4n) is 0.967. The number of hydrogen-bond acceptors (Lipinski definition) is 2. The molecule has 12 heavy (non-hydrogen) atoms. The molecule has 1 rings (SSSR count). The SMILES string of the molecule is CCCCn1cc[nH]c(=O)c1=O. The molecule has 1 aromatic rings. The molecule has 1 aromatic heterocycles. The number of unbranched alkanes of at least 4 members (excludes halogenated alkanes) is 1. The van der Waals surface area contributed by atoms with E-state index in [1.54, 1.807) is 6.20 Å². The molecule has 0 saturated carbocycles. The lowest BCUT2D eigenvalue weighted by molar-refractivity contribution is 0.604. The minimum atomic E-state index is -0.548. The predicted molar refractivity (Wildman–Crippen MR) is 46.2 cm³/mol. The van der Waals surface area contributed by atoms with Crippen LogP contribution in [-0.4, -0.2) is 9.55 Å². The molecular formula is C8H12N2O2. The van der Waals surface area contributed by atoms with Gasteiger partial charge in [-0.05, 0) is 6.42 Å². The molecule has 0 aliphatic rings. The lowest BCUT2D eigenvalue weighted by atomic mass is 10.3. The van der Waals surface area contributed by atoms with Gasteiger partial charge in [-0.1, -0.05) is 13.3 Å². The van der Waals surface area contributed by atoms with E-state index in [9.17, 15) is 9.59 Å². The van der Waals surface area contributed by atoms with Crippen molar-refractivity contribution in [3.63, 3.8) is 0 Å². The first kappa shape index (κ1) is 8.77. The largest absolute Gasteiger partial charge is 0.323 e.